The molecule has 1 aromatic carbocycles. The lowest BCUT2D eigenvalue weighted by Crippen LogP contribution is -2.30. The Hall–Kier alpha value is -3.16. The Labute approximate surface area is 185 Å². The highest BCUT2D eigenvalue weighted by Gasteiger charge is 2.32. The van der Waals surface area contributed by atoms with E-state index in [1.165, 1.54) is 12.1 Å². The van der Waals surface area contributed by atoms with Crippen molar-refractivity contribution in [1.82, 2.24) is 14.8 Å². The highest BCUT2D eigenvalue weighted by atomic mass is 32.2. The quantitative estimate of drug-likeness (QED) is 0.618. The van der Waals surface area contributed by atoms with Crippen molar-refractivity contribution in [3.05, 3.63) is 46.9 Å². The molecule has 2 unspecified atom stereocenters. The van der Waals surface area contributed by atoms with Gasteiger partial charge >= 0.3 is 0 Å². The summed E-state index contributed by atoms with van der Waals surface area (Å²) < 4.78 is 31.7. The van der Waals surface area contributed by atoms with Gasteiger partial charge in [0.05, 0.1) is 39.8 Å². The highest BCUT2D eigenvalue weighted by molar-refractivity contribution is 7.92. The van der Waals surface area contributed by atoms with Crippen molar-refractivity contribution >= 4 is 32.2 Å². The number of aromatic amines is 1. The fourth-order valence-electron chi connectivity index (χ4n) is 3.76. The van der Waals surface area contributed by atoms with Gasteiger partial charge in [0.15, 0.2) is 15.7 Å². The number of sulfone groups is 1. The maximum absolute atomic E-state index is 12.7. The topological polar surface area (TPSA) is 130 Å². The van der Waals surface area contributed by atoms with E-state index in [0.717, 1.165) is 0 Å². The SMILES string of the molecule is CC(C)(C)S(=O)(=O)c1ccc(Nc2nn(C3COCCC3C#N)c3cc[nH]c(=O)c23)cc1. The van der Waals surface area contributed by atoms with E-state index < -0.39 is 14.6 Å². The van der Waals surface area contributed by atoms with Gasteiger partial charge in [0, 0.05) is 18.5 Å². The number of aromatic nitrogens is 3. The van der Waals surface area contributed by atoms with Gasteiger partial charge in [-0.1, -0.05) is 0 Å². The van der Waals surface area contributed by atoms with Gasteiger partial charge in [-0.05, 0) is 57.5 Å². The smallest absolute Gasteiger partial charge is 0.261 e. The highest BCUT2D eigenvalue weighted by Crippen LogP contribution is 2.32. The molecule has 3 heterocycles. The van der Waals surface area contributed by atoms with Crippen LogP contribution in [0.25, 0.3) is 10.9 Å². The van der Waals surface area contributed by atoms with Crippen molar-refractivity contribution in [2.75, 3.05) is 18.5 Å². The Kier molecular flexibility index (Phi) is 5.56. The van der Waals surface area contributed by atoms with Crippen LogP contribution in [0.2, 0.25) is 0 Å². The molecule has 1 aliphatic heterocycles. The fourth-order valence-corrected chi connectivity index (χ4v) is 4.96. The molecule has 2 N–H and O–H groups in total. The summed E-state index contributed by atoms with van der Waals surface area (Å²) in [7, 11) is -3.47. The van der Waals surface area contributed by atoms with Crippen LogP contribution in [0.3, 0.4) is 0 Å². The summed E-state index contributed by atoms with van der Waals surface area (Å²) in [5.41, 5.74) is 0.872. The van der Waals surface area contributed by atoms with E-state index in [1.807, 2.05) is 0 Å². The van der Waals surface area contributed by atoms with Gasteiger partial charge in [-0.25, -0.2) is 8.42 Å². The summed E-state index contributed by atoms with van der Waals surface area (Å²) in [6, 6.07) is 10.1. The van der Waals surface area contributed by atoms with Crippen LogP contribution in [0, 0.1) is 17.2 Å². The first-order valence-electron chi connectivity index (χ1n) is 10.3. The van der Waals surface area contributed by atoms with Crippen molar-refractivity contribution in [1.29, 1.82) is 5.26 Å². The minimum atomic E-state index is -3.47. The van der Waals surface area contributed by atoms with Crippen LogP contribution in [0.15, 0.2) is 46.2 Å². The third kappa shape index (κ3) is 3.78. The van der Waals surface area contributed by atoms with Gasteiger partial charge in [-0.2, -0.15) is 10.4 Å². The molecule has 0 spiro atoms. The molecule has 9 nitrogen and oxygen atoms in total. The summed E-state index contributed by atoms with van der Waals surface area (Å²) >= 11 is 0. The molecule has 3 aromatic rings. The van der Waals surface area contributed by atoms with E-state index in [-0.39, 0.29) is 22.4 Å². The summed E-state index contributed by atoms with van der Waals surface area (Å²) in [6.07, 6.45) is 2.14. The van der Waals surface area contributed by atoms with Gasteiger partial charge in [-0.15, -0.1) is 0 Å². The molecule has 0 radical (unpaired) electrons. The fraction of sp³-hybridized carbons (Fsp3) is 0.409. The van der Waals surface area contributed by atoms with Gasteiger partial charge < -0.3 is 15.0 Å². The normalized spacial score (nSPS) is 19.6. The molecular formula is C22H25N5O4S. The Morgan fingerprint density at radius 3 is 2.62 bits per heavy atom. The molecule has 0 aliphatic carbocycles. The molecule has 32 heavy (non-hydrogen) atoms. The van der Waals surface area contributed by atoms with Crippen LogP contribution < -0.4 is 10.9 Å². The summed E-state index contributed by atoms with van der Waals surface area (Å²) in [6.45, 7) is 5.82. The number of nitrogens with one attached hydrogen (secondary N) is 2. The maximum atomic E-state index is 12.7. The van der Waals surface area contributed by atoms with Crippen molar-refractivity contribution in [2.24, 2.45) is 5.92 Å². The monoisotopic (exact) mass is 455 g/mol. The first-order valence-corrected chi connectivity index (χ1v) is 11.8. The Morgan fingerprint density at radius 1 is 1.25 bits per heavy atom. The number of H-pyrrole nitrogens is 1. The van der Waals surface area contributed by atoms with E-state index in [9.17, 15) is 18.5 Å². The molecule has 2 atom stereocenters. The number of nitriles is 1. The van der Waals surface area contributed by atoms with Crippen LogP contribution in [0.5, 0.6) is 0 Å². The average molecular weight is 456 g/mol. The Morgan fingerprint density at radius 2 is 1.97 bits per heavy atom. The van der Waals surface area contributed by atoms with Gasteiger partial charge in [-0.3, -0.25) is 9.48 Å². The molecule has 1 aliphatic rings. The summed E-state index contributed by atoms with van der Waals surface area (Å²) in [4.78, 5) is 15.5. The molecule has 168 valence electrons. The van der Waals surface area contributed by atoms with E-state index in [1.54, 1.807) is 49.8 Å². The molecular weight excluding hydrogens is 430 g/mol. The zero-order valence-electron chi connectivity index (χ0n) is 18.1. The second kappa shape index (κ2) is 8.07. The molecule has 4 rings (SSSR count). The van der Waals surface area contributed by atoms with E-state index in [4.69, 9.17) is 4.74 Å². The zero-order valence-corrected chi connectivity index (χ0v) is 18.9. The van der Waals surface area contributed by atoms with Crippen molar-refractivity contribution in [3.8, 4) is 6.07 Å². The van der Waals surface area contributed by atoms with Gasteiger partial charge in [0.2, 0.25) is 0 Å². The van der Waals surface area contributed by atoms with E-state index in [0.29, 0.717) is 42.0 Å². The lowest BCUT2D eigenvalue weighted by atomic mass is 9.96. The first kappa shape index (κ1) is 22.0. The largest absolute Gasteiger partial charge is 0.379 e. The second-order valence-electron chi connectivity index (χ2n) is 8.79. The zero-order chi connectivity index (χ0) is 23.1. The number of anilines is 2. The molecule has 0 bridgehead atoms. The van der Waals surface area contributed by atoms with Crippen molar-refractivity contribution in [3.63, 3.8) is 0 Å². The lowest BCUT2D eigenvalue weighted by Gasteiger charge is -2.27. The van der Waals surface area contributed by atoms with Crippen LogP contribution in [0.1, 0.15) is 33.2 Å². The predicted molar refractivity (Wildman–Crippen MR) is 121 cm³/mol. The summed E-state index contributed by atoms with van der Waals surface area (Å²) in [5.74, 6) is 0.0522. The van der Waals surface area contributed by atoms with Crippen molar-refractivity contribution < 1.29 is 13.2 Å². The number of benzene rings is 1. The first-order chi connectivity index (χ1) is 15.1. The number of ether oxygens (including phenoxy) is 1. The molecule has 1 fully saturated rings. The number of hydrogen-bond acceptors (Lipinski definition) is 7. The van der Waals surface area contributed by atoms with Gasteiger partial charge in [0.25, 0.3) is 5.56 Å². The van der Waals surface area contributed by atoms with E-state index in [2.05, 4.69) is 21.5 Å². The number of hydrogen-bond donors (Lipinski definition) is 2. The minimum Gasteiger partial charge on any atom is -0.379 e. The minimum absolute atomic E-state index is 0.222. The maximum Gasteiger partial charge on any atom is 0.261 e. The van der Waals surface area contributed by atoms with Crippen LogP contribution >= 0.6 is 0 Å². The third-order valence-electron chi connectivity index (χ3n) is 5.67. The molecule has 0 saturated carbocycles. The number of nitrogens with zero attached hydrogens (tertiary/aromatic N) is 3. The van der Waals surface area contributed by atoms with Gasteiger partial charge in [0.1, 0.15) is 5.39 Å². The third-order valence-corrected chi connectivity index (χ3v) is 8.18. The average Bonchev–Trinajstić information content (AvgIpc) is 3.12. The molecule has 2 aromatic heterocycles. The van der Waals surface area contributed by atoms with Crippen LogP contribution in [-0.4, -0.2) is 41.1 Å². The standard InChI is InChI=1S/C22H25N5O4S/c1-22(2,3)32(29,30)16-6-4-15(5-7-16)25-20-19-17(8-10-24-21(19)28)27(26-20)18-13-31-11-9-14(18)12-23/h4-8,10,14,18H,9,11,13H2,1-3H3,(H,24,28)(H,25,26). The predicted octanol–water partition coefficient (Wildman–Crippen LogP) is 3.14. The summed E-state index contributed by atoms with van der Waals surface area (Å²) in [5, 5.41) is 17.7. The molecule has 1 saturated heterocycles. The number of pyridine rings is 1. The molecule has 0 amide bonds. The second-order valence-corrected chi connectivity index (χ2v) is 11.5. The lowest BCUT2D eigenvalue weighted by molar-refractivity contribution is 0.0359. The Balaban J connectivity index is 1.73. The van der Waals surface area contributed by atoms with Crippen molar-refractivity contribution in [2.45, 2.75) is 42.9 Å². The number of fused-ring (bicyclic) bond motifs is 1. The Bertz CT molecular complexity index is 1340. The molecule has 10 heteroatoms. The van der Waals surface area contributed by atoms with E-state index >= 15 is 0 Å². The van der Waals surface area contributed by atoms with Crippen LogP contribution in [-0.2, 0) is 14.6 Å². The van der Waals surface area contributed by atoms with Crippen LogP contribution in [0.4, 0.5) is 11.5 Å². The number of rotatable bonds is 4.